The van der Waals surface area contributed by atoms with E-state index < -0.39 is 0 Å². The van der Waals surface area contributed by atoms with Crippen LogP contribution in [0.25, 0.3) is 0 Å². The molecule has 94 valence electrons. The second-order valence-electron chi connectivity index (χ2n) is 4.71. The second-order valence-corrected chi connectivity index (χ2v) is 5.50. The zero-order valence-corrected chi connectivity index (χ0v) is 11.5. The van der Waals surface area contributed by atoms with Crippen LogP contribution < -0.4 is 5.73 Å². The molecule has 0 saturated carbocycles. The number of carbonyl (C=O) groups is 1. The van der Waals surface area contributed by atoms with Crippen molar-refractivity contribution in [3.63, 3.8) is 0 Å². The van der Waals surface area contributed by atoms with Gasteiger partial charge in [-0.3, -0.25) is 4.79 Å². The van der Waals surface area contributed by atoms with Gasteiger partial charge in [-0.1, -0.05) is 22.4 Å². The van der Waals surface area contributed by atoms with Crippen LogP contribution in [-0.2, 0) is 4.79 Å². The van der Waals surface area contributed by atoms with E-state index in [1.54, 1.807) is 0 Å². The summed E-state index contributed by atoms with van der Waals surface area (Å²) >= 11 is 3.45. The molecule has 0 aromatic heterocycles. The molecule has 0 aromatic rings. The topological polar surface area (TPSA) is 46.3 Å². The van der Waals surface area contributed by atoms with Crippen molar-refractivity contribution in [2.45, 2.75) is 38.5 Å². The normalized spacial score (nSPS) is 18.8. The minimum Gasteiger partial charge on any atom is -0.370 e. The Morgan fingerprint density at radius 3 is 2.50 bits per heavy atom. The molecule has 1 saturated heterocycles. The van der Waals surface area contributed by atoms with Crippen LogP contribution in [0.3, 0.4) is 0 Å². The number of nitrogens with zero attached hydrogens (tertiary/aromatic N) is 1. The molecule has 1 rings (SSSR count). The van der Waals surface area contributed by atoms with Gasteiger partial charge in [0, 0.05) is 11.8 Å². The molecule has 0 aromatic carbocycles. The lowest BCUT2D eigenvalue weighted by Crippen LogP contribution is -2.35. The molecule has 4 heteroatoms. The molecule has 0 atom stereocenters. The van der Waals surface area contributed by atoms with Crippen molar-refractivity contribution < 1.29 is 4.79 Å². The Morgan fingerprint density at radius 2 is 1.94 bits per heavy atom. The maximum atomic E-state index is 10.8. The molecule has 0 unspecified atom stereocenters. The highest BCUT2D eigenvalue weighted by Gasteiger charge is 2.19. The number of alkyl halides is 1. The summed E-state index contributed by atoms with van der Waals surface area (Å²) < 4.78 is 0. The van der Waals surface area contributed by atoms with E-state index in [9.17, 15) is 4.79 Å². The first-order chi connectivity index (χ1) is 7.72. The molecule has 1 aliphatic heterocycles. The number of hydrogen-bond donors (Lipinski definition) is 1. The zero-order chi connectivity index (χ0) is 11.8. The average Bonchev–Trinajstić information content (AvgIpc) is 2.26. The Morgan fingerprint density at radius 1 is 1.25 bits per heavy atom. The highest BCUT2D eigenvalue weighted by molar-refractivity contribution is 9.09. The Hall–Kier alpha value is -0.0900. The van der Waals surface area contributed by atoms with Crippen molar-refractivity contribution >= 4 is 21.8 Å². The van der Waals surface area contributed by atoms with Gasteiger partial charge >= 0.3 is 0 Å². The van der Waals surface area contributed by atoms with Crippen molar-refractivity contribution in [1.29, 1.82) is 0 Å². The van der Waals surface area contributed by atoms with Crippen molar-refractivity contribution in [1.82, 2.24) is 4.90 Å². The van der Waals surface area contributed by atoms with Gasteiger partial charge in [0.2, 0.25) is 5.91 Å². The summed E-state index contributed by atoms with van der Waals surface area (Å²) in [6.07, 6.45) is 6.75. The van der Waals surface area contributed by atoms with Crippen molar-refractivity contribution in [3.8, 4) is 0 Å². The minimum atomic E-state index is -0.143. The van der Waals surface area contributed by atoms with Gasteiger partial charge in [0.25, 0.3) is 0 Å². The molecule has 1 aliphatic rings. The molecule has 1 fully saturated rings. The number of unbranched alkanes of at least 4 members (excludes halogenated alkanes) is 2. The van der Waals surface area contributed by atoms with E-state index in [2.05, 4.69) is 20.8 Å². The molecule has 0 aliphatic carbocycles. The summed E-state index contributed by atoms with van der Waals surface area (Å²) in [7, 11) is 0. The van der Waals surface area contributed by atoms with Gasteiger partial charge < -0.3 is 10.6 Å². The van der Waals surface area contributed by atoms with Crippen LogP contribution in [0.1, 0.15) is 38.5 Å². The number of rotatable bonds is 7. The molecular formula is C12H23BrN2O. The van der Waals surface area contributed by atoms with Crippen molar-refractivity contribution in [2.24, 2.45) is 11.7 Å². The summed E-state index contributed by atoms with van der Waals surface area (Å²) in [4.78, 5) is 13.3. The summed E-state index contributed by atoms with van der Waals surface area (Å²) in [5.74, 6) is 0.395. The van der Waals surface area contributed by atoms with E-state index >= 15 is 0 Å². The number of hydrogen-bond acceptors (Lipinski definition) is 2. The zero-order valence-electron chi connectivity index (χ0n) is 9.96. The monoisotopic (exact) mass is 290 g/mol. The van der Waals surface area contributed by atoms with E-state index in [0.29, 0.717) is 12.3 Å². The van der Waals surface area contributed by atoms with Crippen LogP contribution in [0.15, 0.2) is 0 Å². The van der Waals surface area contributed by atoms with Gasteiger partial charge in [0.05, 0.1) is 0 Å². The lowest BCUT2D eigenvalue weighted by atomic mass is 9.93. The maximum Gasteiger partial charge on any atom is 0.217 e. The highest BCUT2D eigenvalue weighted by atomic mass is 79.9. The third-order valence-corrected chi connectivity index (χ3v) is 3.87. The van der Waals surface area contributed by atoms with E-state index in [4.69, 9.17) is 5.73 Å². The van der Waals surface area contributed by atoms with Crippen LogP contribution in [0, 0.1) is 5.92 Å². The number of primary amides is 1. The third-order valence-electron chi connectivity index (χ3n) is 3.30. The third kappa shape index (κ3) is 5.85. The fraction of sp³-hybridized carbons (Fsp3) is 0.917. The van der Waals surface area contributed by atoms with Crippen LogP contribution in [0.2, 0.25) is 0 Å². The van der Waals surface area contributed by atoms with Gasteiger partial charge in [-0.25, -0.2) is 0 Å². The summed E-state index contributed by atoms with van der Waals surface area (Å²) in [5.41, 5.74) is 5.21. The second kappa shape index (κ2) is 8.07. The van der Waals surface area contributed by atoms with E-state index in [-0.39, 0.29) is 5.91 Å². The molecular weight excluding hydrogens is 268 g/mol. The molecule has 0 spiro atoms. The van der Waals surface area contributed by atoms with E-state index in [0.717, 1.165) is 31.3 Å². The van der Waals surface area contributed by atoms with E-state index in [1.807, 2.05) is 0 Å². The standard InChI is InChI=1S/C12H23BrN2O/c13-6-2-1-3-7-15-8-4-11(5-9-15)10-12(14)16/h11H,1-10H2,(H2,14,16). The molecule has 0 bridgehead atoms. The number of piperidine rings is 1. The molecule has 2 N–H and O–H groups in total. The highest BCUT2D eigenvalue weighted by Crippen LogP contribution is 2.20. The maximum absolute atomic E-state index is 10.8. The fourth-order valence-electron chi connectivity index (χ4n) is 2.31. The molecule has 0 radical (unpaired) electrons. The molecule has 1 heterocycles. The summed E-state index contributed by atoms with van der Waals surface area (Å²) in [5, 5.41) is 1.12. The Labute approximate surface area is 107 Å². The number of amides is 1. The molecule has 1 amide bonds. The summed E-state index contributed by atoms with van der Waals surface area (Å²) in [6.45, 7) is 3.51. The average molecular weight is 291 g/mol. The van der Waals surface area contributed by atoms with E-state index in [1.165, 1.54) is 25.8 Å². The predicted molar refractivity (Wildman–Crippen MR) is 70.6 cm³/mol. The van der Waals surface area contributed by atoms with Gasteiger partial charge in [-0.2, -0.15) is 0 Å². The van der Waals surface area contributed by atoms with Crippen LogP contribution in [0.4, 0.5) is 0 Å². The largest absolute Gasteiger partial charge is 0.370 e. The smallest absolute Gasteiger partial charge is 0.217 e. The first-order valence-electron chi connectivity index (χ1n) is 6.29. The number of carbonyl (C=O) groups excluding carboxylic acids is 1. The number of halogens is 1. The van der Waals surface area contributed by atoms with Crippen LogP contribution in [0.5, 0.6) is 0 Å². The molecule has 3 nitrogen and oxygen atoms in total. The number of likely N-dealkylation sites (tertiary alicyclic amines) is 1. The Kier molecular flexibility index (Phi) is 7.05. The predicted octanol–water partition coefficient (Wildman–Crippen LogP) is 2.14. The van der Waals surface area contributed by atoms with Crippen LogP contribution >= 0.6 is 15.9 Å². The quantitative estimate of drug-likeness (QED) is 0.577. The van der Waals surface area contributed by atoms with Gasteiger partial charge in [-0.15, -0.1) is 0 Å². The van der Waals surface area contributed by atoms with Crippen molar-refractivity contribution in [2.75, 3.05) is 25.0 Å². The lowest BCUT2D eigenvalue weighted by Gasteiger charge is -2.31. The van der Waals surface area contributed by atoms with Crippen LogP contribution in [-0.4, -0.2) is 35.8 Å². The lowest BCUT2D eigenvalue weighted by molar-refractivity contribution is -0.119. The van der Waals surface area contributed by atoms with Gasteiger partial charge in [-0.05, 0) is 51.2 Å². The number of nitrogens with two attached hydrogens (primary N) is 1. The summed E-state index contributed by atoms with van der Waals surface area (Å²) in [6, 6.07) is 0. The van der Waals surface area contributed by atoms with Gasteiger partial charge in [0.1, 0.15) is 0 Å². The first kappa shape index (κ1) is 14.0. The minimum absolute atomic E-state index is 0.143. The van der Waals surface area contributed by atoms with Crippen molar-refractivity contribution in [3.05, 3.63) is 0 Å². The fourth-order valence-corrected chi connectivity index (χ4v) is 2.70. The Bertz CT molecular complexity index is 203. The van der Waals surface area contributed by atoms with Gasteiger partial charge in [0.15, 0.2) is 0 Å². The SMILES string of the molecule is NC(=O)CC1CCN(CCCCCBr)CC1. The molecule has 16 heavy (non-hydrogen) atoms. The first-order valence-corrected chi connectivity index (χ1v) is 7.41. The Balaban J connectivity index is 2.05.